The molecule has 0 radical (unpaired) electrons. The summed E-state index contributed by atoms with van der Waals surface area (Å²) in [6.45, 7) is 2.21. The van der Waals surface area contributed by atoms with Crippen LogP contribution in [-0.2, 0) is 6.42 Å². The molecule has 0 saturated heterocycles. The lowest BCUT2D eigenvalue weighted by Gasteiger charge is -2.10. The molecule has 0 bridgehead atoms. The second-order valence-corrected chi connectivity index (χ2v) is 4.47. The summed E-state index contributed by atoms with van der Waals surface area (Å²) in [6, 6.07) is 11.5. The summed E-state index contributed by atoms with van der Waals surface area (Å²) < 4.78 is 13.4. The average Bonchev–Trinajstić information content (AvgIpc) is 2.42. The summed E-state index contributed by atoms with van der Waals surface area (Å²) in [6.07, 6.45) is 0.523. The quantitative estimate of drug-likeness (QED) is 0.668. The Morgan fingerprint density at radius 1 is 1.20 bits per heavy atom. The van der Waals surface area contributed by atoms with Crippen LogP contribution >= 0.6 is 0 Å². The van der Waals surface area contributed by atoms with Crippen molar-refractivity contribution in [3.05, 3.63) is 69.5 Å². The number of nitrogens with zero attached hydrogens (tertiary/aromatic N) is 1. The molecule has 0 saturated carbocycles. The van der Waals surface area contributed by atoms with Crippen molar-refractivity contribution in [2.75, 3.05) is 11.9 Å². The molecular formula is C15H15FN2O2. The van der Waals surface area contributed by atoms with Gasteiger partial charge in [-0.3, -0.25) is 10.1 Å². The lowest BCUT2D eigenvalue weighted by atomic mass is 10.1. The van der Waals surface area contributed by atoms with Crippen molar-refractivity contribution >= 4 is 11.4 Å². The number of hydrogen-bond acceptors (Lipinski definition) is 3. The smallest absolute Gasteiger partial charge is 0.274 e. The van der Waals surface area contributed by atoms with Gasteiger partial charge in [-0.1, -0.05) is 24.3 Å². The van der Waals surface area contributed by atoms with Gasteiger partial charge in [-0.15, -0.1) is 0 Å². The molecule has 4 nitrogen and oxygen atoms in total. The molecule has 0 unspecified atom stereocenters. The molecular weight excluding hydrogens is 259 g/mol. The minimum Gasteiger partial charge on any atom is -0.384 e. The van der Waals surface area contributed by atoms with Crippen LogP contribution in [0, 0.1) is 22.9 Å². The fraction of sp³-hybridized carbons (Fsp3) is 0.200. The third-order valence-electron chi connectivity index (χ3n) is 3.17. The van der Waals surface area contributed by atoms with Gasteiger partial charge in [0.2, 0.25) is 0 Å². The van der Waals surface area contributed by atoms with Crippen molar-refractivity contribution in [1.29, 1.82) is 0 Å². The highest BCUT2D eigenvalue weighted by molar-refractivity contribution is 5.59. The van der Waals surface area contributed by atoms with E-state index < -0.39 is 4.92 Å². The van der Waals surface area contributed by atoms with Gasteiger partial charge in [0.05, 0.1) is 4.92 Å². The highest BCUT2D eigenvalue weighted by atomic mass is 19.1. The maximum absolute atomic E-state index is 13.4. The van der Waals surface area contributed by atoms with Crippen LogP contribution in [0.5, 0.6) is 0 Å². The molecule has 0 amide bonds. The van der Waals surface area contributed by atoms with Crippen LogP contribution in [0.25, 0.3) is 0 Å². The van der Waals surface area contributed by atoms with Crippen LogP contribution in [0.15, 0.2) is 42.5 Å². The zero-order valence-corrected chi connectivity index (χ0v) is 11.1. The molecule has 2 aromatic carbocycles. The van der Waals surface area contributed by atoms with Gasteiger partial charge < -0.3 is 5.32 Å². The predicted molar refractivity (Wildman–Crippen MR) is 76.4 cm³/mol. The molecule has 0 spiro atoms. The molecule has 0 atom stereocenters. The van der Waals surface area contributed by atoms with Crippen molar-refractivity contribution in [2.45, 2.75) is 13.3 Å². The van der Waals surface area contributed by atoms with E-state index in [0.29, 0.717) is 29.8 Å². The first-order valence-electron chi connectivity index (χ1n) is 6.31. The van der Waals surface area contributed by atoms with Gasteiger partial charge in [0, 0.05) is 23.9 Å². The Bertz CT molecular complexity index is 629. The van der Waals surface area contributed by atoms with E-state index in [-0.39, 0.29) is 11.5 Å². The molecule has 0 heterocycles. The monoisotopic (exact) mass is 274 g/mol. The molecule has 2 rings (SSSR count). The second kappa shape index (κ2) is 6.14. The molecule has 20 heavy (non-hydrogen) atoms. The van der Waals surface area contributed by atoms with Crippen molar-refractivity contribution in [3.8, 4) is 0 Å². The van der Waals surface area contributed by atoms with E-state index in [1.165, 1.54) is 12.1 Å². The van der Waals surface area contributed by atoms with E-state index in [1.807, 2.05) is 0 Å². The summed E-state index contributed by atoms with van der Waals surface area (Å²) >= 11 is 0. The second-order valence-electron chi connectivity index (χ2n) is 4.47. The van der Waals surface area contributed by atoms with Crippen LogP contribution in [0.3, 0.4) is 0 Å². The van der Waals surface area contributed by atoms with Crippen LogP contribution < -0.4 is 5.32 Å². The van der Waals surface area contributed by atoms with Gasteiger partial charge >= 0.3 is 0 Å². The van der Waals surface area contributed by atoms with Crippen molar-refractivity contribution in [2.24, 2.45) is 0 Å². The molecule has 0 aliphatic rings. The van der Waals surface area contributed by atoms with Crippen LogP contribution in [-0.4, -0.2) is 11.5 Å². The summed E-state index contributed by atoms with van der Waals surface area (Å²) in [7, 11) is 0. The molecule has 0 aliphatic carbocycles. The van der Waals surface area contributed by atoms with Gasteiger partial charge in [0.1, 0.15) is 5.82 Å². The van der Waals surface area contributed by atoms with E-state index in [1.54, 1.807) is 37.3 Å². The molecule has 0 aromatic heterocycles. The van der Waals surface area contributed by atoms with Crippen LogP contribution in [0.1, 0.15) is 11.1 Å². The number of nitro benzene ring substituents is 1. The number of nitro groups is 1. The maximum atomic E-state index is 13.4. The van der Waals surface area contributed by atoms with E-state index in [4.69, 9.17) is 0 Å². The largest absolute Gasteiger partial charge is 0.384 e. The number of benzene rings is 2. The highest BCUT2D eigenvalue weighted by Crippen LogP contribution is 2.24. The van der Waals surface area contributed by atoms with Gasteiger partial charge in [0.25, 0.3) is 5.69 Å². The molecule has 0 aliphatic heterocycles. The standard InChI is InChI=1S/C15H15FN2O2/c1-11-14(7-4-8-15(11)18(19)20)17-10-9-12-5-2-3-6-13(12)16/h2-8,17H,9-10H2,1H3. The number of hydrogen-bond donors (Lipinski definition) is 1. The minimum atomic E-state index is -0.405. The van der Waals surface area contributed by atoms with E-state index >= 15 is 0 Å². The van der Waals surface area contributed by atoms with E-state index in [9.17, 15) is 14.5 Å². The Labute approximate surface area is 116 Å². The zero-order valence-electron chi connectivity index (χ0n) is 11.1. The van der Waals surface area contributed by atoms with Gasteiger partial charge in [-0.25, -0.2) is 4.39 Å². The number of anilines is 1. The number of rotatable bonds is 5. The molecule has 5 heteroatoms. The van der Waals surface area contributed by atoms with Gasteiger partial charge in [-0.05, 0) is 31.0 Å². The molecule has 2 aromatic rings. The van der Waals surface area contributed by atoms with Gasteiger partial charge in [0.15, 0.2) is 0 Å². The highest BCUT2D eigenvalue weighted by Gasteiger charge is 2.12. The van der Waals surface area contributed by atoms with Crippen molar-refractivity contribution in [3.63, 3.8) is 0 Å². The van der Waals surface area contributed by atoms with Gasteiger partial charge in [-0.2, -0.15) is 0 Å². The summed E-state index contributed by atoms with van der Waals surface area (Å²) in [5.41, 5.74) is 2.01. The van der Waals surface area contributed by atoms with E-state index in [0.717, 1.165) is 0 Å². The lowest BCUT2D eigenvalue weighted by Crippen LogP contribution is -2.07. The Kier molecular flexibility index (Phi) is 4.30. The average molecular weight is 274 g/mol. The summed E-state index contributed by atoms with van der Waals surface area (Å²) in [5, 5.41) is 14.0. The van der Waals surface area contributed by atoms with Crippen LogP contribution in [0.2, 0.25) is 0 Å². The van der Waals surface area contributed by atoms with Crippen LogP contribution in [0.4, 0.5) is 15.8 Å². The van der Waals surface area contributed by atoms with E-state index in [2.05, 4.69) is 5.32 Å². The first-order chi connectivity index (χ1) is 9.59. The SMILES string of the molecule is Cc1c(NCCc2ccccc2F)cccc1[N+](=O)[O-]. The van der Waals surface area contributed by atoms with Crippen molar-refractivity contribution < 1.29 is 9.31 Å². The topological polar surface area (TPSA) is 55.2 Å². The Morgan fingerprint density at radius 2 is 1.95 bits per heavy atom. The first kappa shape index (κ1) is 14.0. The predicted octanol–water partition coefficient (Wildman–Crippen LogP) is 3.70. The Morgan fingerprint density at radius 3 is 2.65 bits per heavy atom. The third-order valence-corrected chi connectivity index (χ3v) is 3.17. The molecule has 104 valence electrons. The Hall–Kier alpha value is -2.43. The minimum absolute atomic E-state index is 0.0842. The normalized spacial score (nSPS) is 10.3. The maximum Gasteiger partial charge on any atom is 0.274 e. The molecule has 0 fully saturated rings. The molecule has 1 N–H and O–H groups in total. The lowest BCUT2D eigenvalue weighted by molar-refractivity contribution is -0.385. The fourth-order valence-corrected chi connectivity index (χ4v) is 2.05. The third kappa shape index (κ3) is 3.12. The first-order valence-corrected chi connectivity index (χ1v) is 6.31. The number of halogens is 1. The zero-order chi connectivity index (χ0) is 14.5. The van der Waals surface area contributed by atoms with Crippen molar-refractivity contribution in [1.82, 2.24) is 0 Å². The fourth-order valence-electron chi connectivity index (χ4n) is 2.05. The summed E-state index contributed by atoms with van der Waals surface area (Å²) in [5.74, 6) is -0.231. The number of nitrogens with one attached hydrogen (secondary N) is 1. The summed E-state index contributed by atoms with van der Waals surface area (Å²) in [4.78, 5) is 10.4. The Balaban J connectivity index is 2.03.